The van der Waals surface area contributed by atoms with E-state index < -0.39 is 23.9 Å². The second-order valence-electron chi connectivity index (χ2n) is 5.17. The molecule has 0 fully saturated rings. The second-order valence-corrected chi connectivity index (χ2v) is 5.17. The number of hydrazine groups is 1. The minimum absolute atomic E-state index is 0.00139. The van der Waals surface area contributed by atoms with E-state index in [0.717, 1.165) is 5.01 Å². The van der Waals surface area contributed by atoms with Crippen LogP contribution < -0.4 is 22.2 Å². The third-order valence-corrected chi connectivity index (χ3v) is 2.65. The minimum atomic E-state index is -1.26. The SMILES string of the molecule is CC(C)CC(=O)N(NC(N)=O)[C@@H](CCCNC(=N)N)C(=O)O. The lowest BCUT2D eigenvalue weighted by Gasteiger charge is -2.29. The third-order valence-electron chi connectivity index (χ3n) is 2.65. The fourth-order valence-corrected chi connectivity index (χ4v) is 1.76. The molecular weight excluding hydrogens is 292 g/mol. The molecule has 8 N–H and O–H groups in total. The number of carbonyl (C=O) groups is 3. The van der Waals surface area contributed by atoms with Crippen LogP contribution in [0.25, 0.3) is 0 Å². The number of guanidine groups is 1. The van der Waals surface area contributed by atoms with E-state index in [4.69, 9.17) is 16.9 Å². The van der Waals surface area contributed by atoms with Crippen LogP contribution in [0.4, 0.5) is 4.79 Å². The Morgan fingerprint density at radius 3 is 2.27 bits per heavy atom. The molecule has 0 saturated carbocycles. The minimum Gasteiger partial charge on any atom is -0.480 e. The van der Waals surface area contributed by atoms with Gasteiger partial charge in [0, 0.05) is 13.0 Å². The summed E-state index contributed by atoms with van der Waals surface area (Å²) in [7, 11) is 0. The fourth-order valence-electron chi connectivity index (χ4n) is 1.76. The number of hydrogen-bond acceptors (Lipinski definition) is 4. The maximum Gasteiger partial charge on any atom is 0.331 e. The molecule has 0 aromatic heterocycles. The summed E-state index contributed by atoms with van der Waals surface area (Å²) < 4.78 is 0. The molecule has 1 atom stereocenters. The molecule has 0 saturated heterocycles. The van der Waals surface area contributed by atoms with Crippen molar-refractivity contribution in [2.75, 3.05) is 6.54 Å². The van der Waals surface area contributed by atoms with Gasteiger partial charge in [-0.05, 0) is 18.8 Å². The largest absolute Gasteiger partial charge is 0.480 e. The Kier molecular flexibility index (Phi) is 8.34. The summed E-state index contributed by atoms with van der Waals surface area (Å²) in [6, 6.07) is -2.25. The normalized spacial score (nSPS) is 11.6. The van der Waals surface area contributed by atoms with E-state index in [1.165, 1.54) is 0 Å². The van der Waals surface area contributed by atoms with E-state index in [-0.39, 0.29) is 31.3 Å². The van der Waals surface area contributed by atoms with Crippen molar-refractivity contribution in [3.05, 3.63) is 0 Å². The topological polar surface area (TPSA) is 175 Å². The Balaban J connectivity index is 4.90. The highest BCUT2D eigenvalue weighted by Crippen LogP contribution is 2.10. The summed E-state index contributed by atoms with van der Waals surface area (Å²) in [5.41, 5.74) is 12.2. The lowest BCUT2D eigenvalue weighted by atomic mass is 10.1. The first-order valence-electron chi connectivity index (χ1n) is 6.84. The zero-order valence-electron chi connectivity index (χ0n) is 12.8. The average Bonchev–Trinajstić information content (AvgIpc) is 2.34. The molecule has 0 aliphatic carbocycles. The van der Waals surface area contributed by atoms with E-state index in [1.54, 1.807) is 13.8 Å². The predicted molar refractivity (Wildman–Crippen MR) is 79.6 cm³/mol. The zero-order valence-corrected chi connectivity index (χ0v) is 12.8. The van der Waals surface area contributed by atoms with Gasteiger partial charge in [-0.3, -0.25) is 10.2 Å². The molecule has 0 rings (SSSR count). The summed E-state index contributed by atoms with van der Waals surface area (Å²) in [6.45, 7) is 3.88. The van der Waals surface area contributed by atoms with Crippen molar-refractivity contribution in [3.8, 4) is 0 Å². The van der Waals surface area contributed by atoms with Gasteiger partial charge in [0.2, 0.25) is 5.91 Å². The van der Waals surface area contributed by atoms with Crippen molar-refractivity contribution in [3.63, 3.8) is 0 Å². The molecule has 0 spiro atoms. The van der Waals surface area contributed by atoms with E-state index in [2.05, 4.69) is 10.7 Å². The number of carboxylic acids is 1. The average molecular weight is 316 g/mol. The molecule has 0 radical (unpaired) electrons. The number of amides is 3. The van der Waals surface area contributed by atoms with E-state index in [9.17, 15) is 19.5 Å². The number of rotatable bonds is 8. The fraction of sp³-hybridized carbons (Fsp3) is 0.667. The van der Waals surface area contributed by atoms with Crippen molar-refractivity contribution < 1.29 is 19.5 Å². The highest BCUT2D eigenvalue weighted by molar-refractivity contribution is 5.86. The quantitative estimate of drug-likeness (QED) is 0.147. The van der Waals surface area contributed by atoms with Gasteiger partial charge in [-0.1, -0.05) is 13.8 Å². The summed E-state index contributed by atoms with van der Waals surface area (Å²) in [5.74, 6) is -2.01. The molecule has 22 heavy (non-hydrogen) atoms. The van der Waals surface area contributed by atoms with Crippen LogP contribution >= 0.6 is 0 Å². The van der Waals surface area contributed by atoms with Gasteiger partial charge < -0.3 is 21.9 Å². The second kappa shape index (κ2) is 9.42. The van der Waals surface area contributed by atoms with Crippen molar-refractivity contribution in [1.82, 2.24) is 15.8 Å². The van der Waals surface area contributed by atoms with Crippen molar-refractivity contribution in [2.45, 2.75) is 39.2 Å². The van der Waals surface area contributed by atoms with E-state index >= 15 is 0 Å². The molecule has 10 nitrogen and oxygen atoms in total. The number of primary amides is 1. The summed E-state index contributed by atoms with van der Waals surface area (Å²) in [4.78, 5) is 34.5. The maximum absolute atomic E-state index is 12.1. The zero-order chi connectivity index (χ0) is 17.3. The number of urea groups is 1. The lowest BCUT2D eigenvalue weighted by Crippen LogP contribution is -2.56. The van der Waals surface area contributed by atoms with Crippen LogP contribution in [0.1, 0.15) is 33.1 Å². The first-order chi connectivity index (χ1) is 10.1. The number of carboxylic acid groups (broad SMARTS) is 1. The Morgan fingerprint density at radius 1 is 1.27 bits per heavy atom. The molecule has 0 aliphatic rings. The molecule has 10 heteroatoms. The first kappa shape index (κ1) is 19.5. The molecule has 0 aromatic carbocycles. The molecule has 0 aromatic rings. The van der Waals surface area contributed by atoms with Gasteiger partial charge in [0.05, 0.1) is 0 Å². The first-order valence-corrected chi connectivity index (χ1v) is 6.84. The van der Waals surface area contributed by atoms with Crippen LogP contribution in [0.15, 0.2) is 0 Å². The monoisotopic (exact) mass is 316 g/mol. The molecule has 0 bridgehead atoms. The number of hydrogen-bond donors (Lipinski definition) is 6. The van der Waals surface area contributed by atoms with Crippen molar-refractivity contribution >= 4 is 23.9 Å². The number of carbonyl (C=O) groups excluding carboxylic acids is 2. The van der Waals surface area contributed by atoms with Crippen LogP contribution in [-0.2, 0) is 9.59 Å². The Labute approximate surface area is 128 Å². The van der Waals surface area contributed by atoms with Crippen LogP contribution in [0.3, 0.4) is 0 Å². The maximum atomic E-state index is 12.1. The van der Waals surface area contributed by atoms with Gasteiger partial charge in [0.1, 0.15) is 0 Å². The number of nitrogens with two attached hydrogens (primary N) is 2. The number of nitrogens with zero attached hydrogens (tertiary/aromatic N) is 1. The van der Waals surface area contributed by atoms with Crippen molar-refractivity contribution in [1.29, 1.82) is 5.41 Å². The lowest BCUT2D eigenvalue weighted by molar-refractivity contribution is -0.153. The van der Waals surface area contributed by atoms with Crippen LogP contribution in [-0.4, -0.2) is 46.6 Å². The third kappa shape index (κ3) is 7.92. The Hall–Kier alpha value is -2.52. The molecule has 3 amide bonds. The van der Waals surface area contributed by atoms with Gasteiger partial charge in [0.25, 0.3) is 0 Å². The molecule has 0 heterocycles. The molecular formula is C12H24N6O4. The number of nitrogens with one attached hydrogen (secondary N) is 3. The molecule has 0 unspecified atom stereocenters. The highest BCUT2D eigenvalue weighted by atomic mass is 16.4. The Bertz CT molecular complexity index is 426. The summed E-state index contributed by atoms with van der Waals surface area (Å²) in [5, 5.41) is 19.6. The van der Waals surface area contributed by atoms with Gasteiger partial charge in [-0.25, -0.2) is 20.0 Å². The van der Waals surface area contributed by atoms with Crippen molar-refractivity contribution in [2.24, 2.45) is 17.4 Å². The predicted octanol–water partition coefficient (Wildman–Crippen LogP) is -0.839. The molecule has 0 aliphatic heterocycles. The van der Waals surface area contributed by atoms with Gasteiger partial charge in [-0.2, -0.15) is 0 Å². The highest BCUT2D eigenvalue weighted by Gasteiger charge is 2.30. The molecule has 126 valence electrons. The summed E-state index contributed by atoms with van der Waals surface area (Å²) in [6.07, 6.45) is 0.484. The standard InChI is InChI=1S/C12H24N6O4/c1-7(2)6-9(19)18(17-12(15)22)8(10(20)21)4-3-5-16-11(13)14/h7-8H,3-6H2,1-2H3,(H,20,21)(H4,13,14,16)(H3,15,17,22)/t8-/m0/s1. The van der Waals surface area contributed by atoms with Crippen LogP contribution in [0, 0.1) is 11.3 Å². The smallest absolute Gasteiger partial charge is 0.331 e. The number of aliphatic carboxylic acids is 1. The van der Waals surface area contributed by atoms with Crippen LogP contribution in [0.2, 0.25) is 0 Å². The van der Waals surface area contributed by atoms with E-state index in [1.807, 2.05) is 0 Å². The van der Waals surface area contributed by atoms with Crippen LogP contribution in [0.5, 0.6) is 0 Å². The van der Waals surface area contributed by atoms with Gasteiger partial charge >= 0.3 is 12.0 Å². The van der Waals surface area contributed by atoms with Gasteiger partial charge in [0.15, 0.2) is 12.0 Å². The summed E-state index contributed by atoms with van der Waals surface area (Å²) >= 11 is 0. The van der Waals surface area contributed by atoms with E-state index in [0.29, 0.717) is 6.42 Å². The Morgan fingerprint density at radius 2 is 1.86 bits per heavy atom. The van der Waals surface area contributed by atoms with Gasteiger partial charge in [-0.15, -0.1) is 0 Å².